The fourth-order valence-electron chi connectivity index (χ4n) is 3.81. The summed E-state index contributed by atoms with van der Waals surface area (Å²) in [7, 11) is 0. The Bertz CT molecular complexity index is 846. The molecule has 2 amide bonds. The van der Waals surface area contributed by atoms with Crippen LogP contribution in [0.2, 0.25) is 0 Å². The second-order valence-corrected chi connectivity index (χ2v) is 7.89. The van der Waals surface area contributed by atoms with Gasteiger partial charge in [-0.05, 0) is 25.2 Å². The molecule has 2 heterocycles. The average Bonchev–Trinajstić information content (AvgIpc) is 3.40. The van der Waals surface area contributed by atoms with Gasteiger partial charge in [0.25, 0.3) is 0 Å². The summed E-state index contributed by atoms with van der Waals surface area (Å²) >= 11 is 0. The molecule has 3 N–H and O–H groups in total. The van der Waals surface area contributed by atoms with E-state index in [2.05, 4.69) is 34.3 Å². The Hall–Kier alpha value is -2.84. The number of oxazole rings is 1. The first-order chi connectivity index (χ1) is 13.9. The largest absolute Gasteiger partial charge is 0.465 e. The molecule has 0 unspecified atom stereocenters. The Morgan fingerprint density at radius 2 is 2.24 bits per heavy atom. The van der Waals surface area contributed by atoms with Crippen molar-refractivity contribution < 1.29 is 19.1 Å². The van der Waals surface area contributed by atoms with Gasteiger partial charge in [-0.25, -0.2) is 9.78 Å². The highest BCUT2D eigenvalue weighted by molar-refractivity contribution is 5.91. The molecule has 9 heteroatoms. The van der Waals surface area contributed by atoms with Crippen LogP contribution >= 0.6 is 0 Å². The number of hydrogen-bond acceptors (Lipinski definition) is 5. The molecule has 0 radical (unpaired) electrons. The van der Waals surface area contributed by atoms with Crippen molar-refractivity contribution in [3.8, 4) is 0 Å². The van der Waals surface area contributed by atoms with Crippen LogP contribution in [0.1, 0.15) is 62.8 Å². The van der Waals surface area contributed by atoms with Gasteiger partial charge < -0.3 is 19.7 Å². The van der Waals surface area contributed by atoms with Gasteiger partial charge in [0, 0.05) is 37.2 Å². The Kier molecular flexibility index (Phi) is 6.56. The zero-order valence-corrected chi connectivity index (χ0v) is 17.1. The predicted octanol–water partition coefficient (Wildman–Crippen LogP) is 3.55. The fraction of sp³-hybridized carbons (Fsp3) is 0.600. The van der Waals surface area contributed by atoms with Gasteiger partial charge in [-0.2, -0.15) is 5.10 Å². The molecule has 3 rings (SSSR count). The maximum Gasteiger partial charge on any atom is 0.407 e. The number of H-pyrrole nitrogens is 1. The summed E-state index contributed by atoms with van der Waals surface area (Å²) in [5.74, 6) is 1.80. The second-order valence-electron chi connectivity index (χ2n) is 7.89. The van der Waals surface area contributed by atoms with E-state index in [9.17, 15) is 14.7 Å². The lowest BCUT2D eigenvalue weighted by atomic mass is 10.0. The Morgan fingerprint density at radius 3 is 2.90 bits per heavy atom. The molecule has 0 saturated heterocycles. The van der Waals surface area contributed by atoms with Gasteiger partial charge in [-0.1, -0.05) is 20.3 Å². The molecule has 2 aromatic rings. The molecule has 1 saturated carbocycles. The van der Waals surface area contributed by atoms with E-state index in [0.717, 1.165) is 31.4 Å². The molecule has 29 heavy (non-hydrogen) atoms. The van der Waals surface area contributed by atoms with E-state index >= 15 is 0 Å². The third-order valence-electron chi connectivity index (χ3n) is 5.61. The van der Waals surface area contributed by atoms with E-state index in [-0.39, 0.29) is 24.3 Å². The summed E-state index contributed by atoms with van der Waals surface area (Å²) in [6.07, 6.45) is 4.22. The van der Waals surface area contributed by atoms with Crippen molar-refractivity contribution >= 4 is 17.8 Å². The smallest absolute Gasteiger partial charge is 0.407 e. The van der Waals surface area contributed by atoms with Gasteiger partial charge in [-0.15, -0.1) is 0 Å². The number of anilines is 1. The highest BCUT2D eigenvalue weighted by Crippen LogP contribution is 2.37. The maximum atomic E-state index is 12.1. The van der Waals surface area contributed by atoms with E-state index in [1.165, 1.54) is 6.20 Å². The van der Waals surface area contributed by atoms with Gasteiger partial charge >= 0.3 is 6.09 Å². The van der Waals surface area contributed by atoms with Gasteiger partial charge in [0.2, 0.25) is 5.91 Å². The summed E-state index contributed by atoms with van der Waals surface area (Å²) in [5, 5.41) is 19.5. The van der Waals surface area contributed by atoms with Crippen LogP contribution in [0.3, 0.4) is 0 Å². The van der Waals surface area contributed by atoms with Gasteiger partial charge in [0.15, 0.2) is 11.7 Å². The Morgan fingerprint density at radius 1 is 1.45 bits per heavy atom. The molecule has 2 aromatic heterocycles. The fourth-order valence-corrected chi connectivity index (χ4v) is 3.81. The normalized spacial score (nSPS) is 19.8. The summed E-state index contributed by atoms with van der Waals surface area (Å²) in [6, 6.07) is 1.85. The van der Waals surface area contributed by atoms with Crippen LogP contribution in [0.5, 0.6) is 0 Å². The van der Waals surface area contributed by atoms with Crippen molar-refractivity contribution in [3.05, 3.63) is 29.6 Å². The molecule has 3 atom stereocenters. The zero-order valence-electron chi connectivity index (χ0n) is 17.1. The van der Waals surface area contributed by atoms with Crippen LogP contribution in [-0.2, 0) is 11.2 Å². The molecule has 0 aromatic carbocycles. The van der Waals surface area contributed by atoms with Crippen molar-refractivity contribution in [2.45, 2.75) is 64.8 Å². The van der Waals surface area contributed by atoms with Crippen LogP contribution < -0.4 is 5.32 Å². The van der Waals surface area contributed by atoms with Gasteiger partial charge in [0.05, 0.1) is 12.6 Å². The number of aromatic nitrogens is 3. The topological polar surface area (TPSA) is 124 Å². The highest BCUT2D eigenvalue weighted by Gasteiger charge is 2.34. The van der Waals surface area contributed by atoms with Crippen LogP contribution in [0.15, 0.2) is 16.7 Å². The van der Waals surface area contributed by atoms with Gasteiger partial charge in [0.1, 0.15) is 5.76 Å². The first kappa shape index (κ1) is 20.9. The van der Waals surface area contributed by atoms with Crippen molar-refractivity contribution in [1.82, 2.24) is 20.1 Å². The van der Waals surface area contributed by atoms with Crippen molar-refractivity contribution in [2.75, 3.05) is 11.9 Å². The number of rotatable bonds is 8. The van der Waals surface area contributed by atoms with E-state index in [4.69, 9.17) is 4.42 Å². The number of carbonyl (C=O) groups is 2. The van der Waals surface area contributed by atoms with Crippen LogP contribution in [0.4, 0.5) is 10.6 Å². The summed E-state index contributed by atoms with van der Waals surface area (Å²) in [5.41, 5.74) is 0.923. The van der Waals surface area contributed by atoms with Crippen LogP contribution in [0.25, 0.3) is 0 Å². The molecule has 0 spiro atoms. The lowest BCUT2D eigenvalue weighted by molar-refractivity contribution is -0.115. The molecular weight excluding hydrogens is 374 g/mol. The molecule has 1 fully saturated rings. The third kappa shape index (κ3) is 5.36. The van der Waals surface area contributed by atoms with E-state index in [0.29, 0.717) is 29.9 Å². The predicted molar refractivity (Wildman–Crippen MR) is 107 cm³/mol. The number of carboxylic acid groups (broad SMARTS) is 1. The maximum absolute atomic E-state index is 12.1. The standard InChI is InChI=1S/C20H29N5O4/c1-4-12(2)11-25(20(27)28)15-6-5-14(7-15)17-9-18(24-23-17)22-19(26)8-16-10-21-13(3)29-16/h9-10,12,14-15H,4-8,11H2,1-3H3,(H,27,28)(H2,22,23,24,26)/t12-,14-,15+/m0/s1. The first-order valence-electron chi connectivity index (χ1n) is 10.1. The quantitative estimate of drug-likeness (QED) is 0.619. The number of amides is 2. The van der Waals surface area contributed by atoms with Crippen LogP contribution in [-0.4, -0.2) is 49.8 Å². The average molecular weight is 403 g/mol. The zero-order chi connectivity index (χ0) is 21.0. The van der Waals surface area contributed by atoms with E-state index < -0.39 is 6.09 Å². The number of aromatic amines is 1. The molecule has 0 aliphatic heterocycles. The minimum atomic E-state index is -0.851. The number of carbonyl (C=O) groups excluding carboxylic acids is 1. The molecule has 1 aliphatic carbocycles. The van der Waals surface area contributed by atoms with E-state index in [1.54, 1.807) is 11.8 Å². The summed E-state index contributed by atoms with van der Waals surface area (Å²) in [6.45, 7) is 6.44. The number of aryl methyl sites for hydroxylation is 1. The third-order valence-corrected chi connectivity index (χ3v) is 5.61. The molecule has 9 nitrogen and oxygen atoms in total. The van der Waals surface area contributed by atoms with Crippen LogP contribution in [0, 0.1) is 12.8 Å². The highest BCUT2D eigenvalue weighted by atomic mass is 16.4. The Balaban J connectivity index is 1.56. The molecule has 0 bridgehead atoms. The minimum Gasteiger partial charge on any atom is -0.465 e. The molecule has 158 valence electrons. The number of hydrogen-bond donors (Lipinski definition) is 3. The number of nitrogens with zero attached hydrogens (tertiary/aromatic N) is 3. The Labute approximate surface area is 169 Å². The van der Waals surface area contributed by atoms with Crippen molar-refractivity contribution in [2.24, 2.45) is 5.92 Å². The first-order valence-corrected chi connectivity index (χ1v) is 10.1. The van der Waals surface area contributed by atoms with E-state index in [1.807, 2.05) is 6.07 Å². The molecule has 1 aliphatic rings. The van der Waals surface area contributed by atoms with Crippen molar-refractivity contribution in [1.29, 1.82) is 0 Å². The second kappa shape index (κ2) is 9.11. The van der Waals surface area contributed by atoms with Crippen molar-refractivity contribution in [3.63, 3.8) is 0 Å². The molecular formula is C20H29N5O4. The lowest BCUT2D eigenvalue weighted by Crippen LogP contribution is -2.40. The summed E-state index contributed by atoms with van der Waals surface area (Å²) < 4.78 is 5.31. The minimum absolute atomic E-state index is 0.0162. The number of nitrogens with one attached hydrogen (secondary N) is 2. The van der Waals surface area contributed by atoms with Gasteiger partial charge in [-0.3, -0.25) is 9.89 Å². The summed E-state index contributed by atoms with van der Waals surface area (Å²) in [4.78, 5) is 29.4. The SMILES string of the molecule is CC[C@H](C)CN(C(=O)O)[C@@H]1CC[C@H](c2cc(NC(=O)Cc3cnc(C)o3)n[nH]2)C1. The lowest BCUT2D eigenvalue weighted by Gasteiger charge is -2.28. The monoisotopic (exact) mass is 403 g/mol.